The topological polar surface area (TPSA) is 86.8 Å². The molecular weight excluding hydrogens is 384 g/mol. The van der Waals surface area contributed by atoms with Crippen LogP contribution in [0.2, 0.25) is 0 Å². The Bertz CT molecular complexity index is 1000. The summed E-state index contributed by atoms with van der Waals surface area (Å²) in [5.74, 6) is 0.564. The molecule has 154 valence electrons. The van der Waals surface area contributed by atoms with Crippen LogP contribution in [0.25, 0.3) is 11.0 Å². The van der Waals surface area contributed by atoms with Crippen LogP contribution in [-0.4, -0.2) is 44.2 Å². The van der Waals surface area contributed by atoms with E-state index in [1.807, 2.05) is 0 Å². The number of hydrogen-bond donors (Lipinski definition) is 1. The summed E-state index contributed by atoms with van der Waals surface area (Å²) >= 11 is 1.79. The van der Waals surface area contributed by atoms with Crippen molar-refractivity contribution in [3.63, 3.8) is 0 Å². The van der Waals surface area contributed by atoms with Gasteiger partial charge in [-0.1, -0.05) is 32.2 Å². The first-order valence-electron chi connectivity index (χ1n) is 10.3. The van der Waals surface area contributed by atoms with Crippen molar-refractivity contribution in [3.8, 4) is 6.07 Å². The highest BCUT2D eigenvalue weighted by Crippen LogP contribution is 2.46. The van der Waals surface area contributed by atoms with Crippen LogP contribution < -0.4 is 10.9 Å². The second-order valence-electron chi connectivity index (χ2n) is 8.74. The van der Waals surface area contributed by atoms with E-state index in [9.17, 15) is 10.1 Å². The van der Waals surface area contributed by atoms with Gasteiger partial charge in [0.2, 0.25) is 5.95 Å². The quantitative estimate of drug-likeness (QED) is 0.768. The van der Waals surface area contributed by atoms with E-state index >= 15 is 0 Å². The number of pyridine rings is 1. The minimum Gasteiger partial charge on any atom is -0.351 e. The van der Waals surface area contributed by atoms with Gasteiger partial charge in [0.15, 0.2) is 0 Å². The Labute approximate surface area is 175 Å². The van der Waals surface area contributed by atoms with Gasteiger partial charge in [0.25, 0.3) is 5.56 Å². The Kier molecular flexibility index (Phi) is 5.54. The third kappa shape index (κ3) is 3.86. The zero-order valence-corrected chi connectivity index (χ0v) is 18.1. The van der Waals surface area contributed by atoms with Gasteiger partial charge in [-0.15, -0.1) is 0 Å². The van der Waals surface area contributed by atoms with Gasteiger partial charge >= 0.3 is 0 Å². The molecule has 8 heteroatoms. The van der Waals surface area contributed by atoms with Crippen molar-refractivity contribution in [1.29, 1.82) is 5.26 Å². The first-order chi connectivity index (χ1) is 13.9. The minimum atomic E-state index is -0.238. The number of fused-ring (bicyclic) bond motifs is 1. The molecule has 1 unspecified atom stereocenters. The molecule has 0 amide bonds. The van der Waals surface area contributed by atoms with E-state index < -0.39 is 0 Å². The molecule has 1 saturated carbocycles. The Balaban J connectivity index is 1.73. The van der Waals surface area contributed by atoms with Crippen molar-refractivity contribution in [1.82, 2.24) is 18.8 Å². The van der Waals surface area contributed by atoms with Gasteiger partial charge in [0, 0.05) is 36.8 Å². The van der Waals surface area contributed by atoms with Crippen LogP contribution in [0, 0.1) is 16.7 Å². The number of nitrogens with one attached hydrogen (secondary N) is 1. The molecular formula is C21H28N6OS. The Hall–Kier alpha value is -2.11. The van der Waals surface area contributed by atoms with E-state index in [-0.39, 0.29) is 22.6 Å². The fourth-order valence-corrected chi connectivity index (χ4v) is 5.29. The fraction of sp³-hybridized carbons (Fsp3) is 0.619. The van der Waals surface area contributed by atoms with Crippen molar-refractivity contribution in [2.24, 2.45) is 5.41 Å². The summed E-state index contributed by atoms with van der Waals surface area (Å²) in [6, 6.07) is 4.05. The van der Waals surface area contributed by atoms with E-state index in [4.69, 9.17) is 4.98 Å². The zero-order chi connectivity index (χ0) is 20.6. The van der Waals surface area contributed by atoms with Crippen LogP contribution >= 0.6 is 11.9 Å². The Morgan fingerprint density at radius 1 is 1.31 bits per heavy atom. The average Bonchev–Trinajstić information content (AvgIpc) is 3.07. The summed E-state index contributed by atoms with van der Waals surface area (Å²) in [5.41, 5.74) is 0.550. The van der Waals surface area contributed by atoms with Crippen molar-refractivity contribution < 1.29 is 0 Å². The second kappa shape index (κ2) is 7.96. The standard InChI is InChI=1S/C21H28N6OS/c1-21(2)8-4-5-17(21)27-18-15(11-14(12-22)19(27)28)13-23-20(25-18)24-16-6-9-26(29-3)10-7-16/h11,13,16-17H,4-10H2,1-3H3,(H,23,24,25). The Morgan fingerprint density at radius 2 is 2.07 bits per heavy atom. The predicted molar refractivity (Wildman–Crippen MR) is 117 cm³/mol. The highest BCUT2D eigenvalue weighted by molar-refractivity contribution is 7.96. The summed E-state index contributed by atoms with van der Waals surface area (Å²) in [4.78, 5) is 22.4. The maximum Gasteiger partial charge on any atom is 0.270 e. The third-order valence-electron chi connectivity index (χ3n) is 6.45. The number of rotatable bonds is 4. The number of nitriles is 1. The van der Waals surface area contributed by atoms with Gasteiger partial charge in [-0.05, 0) is 43.4 Å². The minimum absolute atomic E-state index is 0.00593. The lowest BCUT2D eigenvalue weighted by Crippen LogP contribution is -2.36. The van der Waals surface area contributed by atoms with Gasteiger partial charge in [0.05, 0.1) is 0 Å². The maximum atomic E-state index is 13.1. The molecule has 29 heavy (non-hydrogen) atoms. The van der Waals surface area contributed by atoms with Crippen LogP contribution in [0.15, 0.2) is 17.1 Å². The summed E-state index contributed by atoms with van der Waals surface area (Å²) in [6.45, 7) is 6.47. The first kappa shape index (κ1) is 20.2. The number of hydrogen-bond acceptors (Lipinski definition) is 7. The number of nitrogens with zero attached hydrogens (tertiary/aromatic N) is 5. The maximum absolute atomic E-state index is 13.1. The van der Waals surface area contributed by atoms with Crippen LogP contribution in [0.5, 0.6) is 0 Å². The monoisotopic (exact) mass is 412 g/mol. The SMILES string of the molecule is CSN1CCC(Nc2ncc3cc(C#N)c(=O)n(C4CCCC4(C)C)c3n2)CC1. The van der Waals surface area contributed by atoms with E-state index in [1.165, 1.54) is 0 Å². The highest BCUT2D eigenvalue weighted by Gasteiger charge is 2.37. The molecule has 1 aliphatic heterocycles. The fourth-order valence-electron chi connectivity index (χ4n) is 4.71. The van der Waals surface area contributed by atoms with Crippen molar-refractivity contribution >= 4 is 28.9 Å². The molecule has 1 atom stereocenters. The molecule has 0 spiro atoms. The Morgan fingerprint density at radius 3 is 2.69 bits per heavy atom. The van der Waals surface area contributed by atoms with E-state index in [1.54, 1.807) is 28.8 Å². The normalized spacial score (nSPS) is 22.6. The molecule has 1 saturated heterocycles. The molecule has 2 aromatic rings. The van der Waals surface area contributed by atoms with Crippen LogP contribution in [0.4, 0.5) is 5.95 Å². The van der Waals surface area contributed by atoms with Crippen LogP contribution in [0.3, 0.4) is 0 Å². The van der Waals surface area contributed by atoms with E-state index in [0.29, 0.717) is 17.6 Å². The second-order valence-corrected chi connectivity index (χ2v) is 9.63. The van der Waals surface area contributed by atoms with E-state index in [0.717, 1.165) is 50.6 Å². The van der Waals surface area contributed by atoms with Crippen LogP contribution in [-0.2, 0) is 0 Å². The van der Waals surface area contributed by atoms with E-state index in [2.05, 4.69) is 40.8 Å². The van der Waals surface area contributed by atoms with Gasteiger partial charge in [-0.3, -0.25) is 13.7 Å². The summed E-state index contributed by atoms with van der Waals surface area (Å²) in [7, 11) is 0. The summed E-state index contributed by atoms with van der Waals surface area (Å²) in [5, 5.41) is 13.7. The largest absolute Gasteiger partial charge is 0.351 e. The summed E-state index contributed by atoms with van der Waals surface area (Å²) < 4.78 is 4.13. The number of aromatic nitrogens is 3. The molecule has 2 aromatic heterocycles. The molecule has 3 heterocycles. The molecule has 7 nitrogen and oxygen atoms in total. The predicted octanol–water partition coefficient (Wildman–Crippen LogP) is 3.57. The van der Waals surface area contributed by atoms with Gasteiger partial charge < -0.3 is 5.32 Å². The molecule has 0 bridgehead atoms. The van der Waals surface area contributed by atoms with Crippen molar-refractivity contribution in [2.45, 2.75) is 58.0 Å². The first-order valence-corrected chi connectivity index (χ1v) is 11.5. The van der Waals surface area contributed by atoms with Crippen LogP contribution in [0.1, 0.15) is 57.6 Å². The lowest BCUT2D eigenvalue weighted by atomic mass is 9.87. The summed E-state index contributed by atoms with van der Waals surface area (Å²) in [6.07, 6.45) is 8.99. The molecule has 0 radical (unpaired) electrons. The van der Waals surface area contributed by atoms with Gasteiger partial charge in [-0.25, -0.2) is 4.98 Å². The molecule has 0 aromatic carbocycles. The van der Waals surface area contributed by atoms with Gasteiger partial charge in [-0.2, -0.15) is 10.2 Å². The number of piperidine rings is 1. The molecule has 4 rings (SSSR count). The molecule has 1 N–H and O–H groups in total. The smallest absolute Gasteiger partial charge is 0.270 e. The molecule has 2 aliphatic rings. The van der Waals surface area contributed by atoms with Gasteiger partial charge in [0.1, 0.15) is 17.3 Å². The van der Waals surface area contributed by atoms with Crippen molar-refractivity contribution in [2.75, 3.05) is 24.7 Å². The van der Waals surface area contributed by atoms with Crippen molar-refractivity contribution in [3.05, 3.63) is 28.2 Å². The lowest BCUT2D eigenvalue weighted by molar-refractivity contribution is 0.260. The highest BCUT2D eigenvalue weighted by atomic mass is 32.2. The molecule has 2 fully saturated rings. The average molecular weight is 413 g/mol. The molecule has 1 aliphatic carbocycles. The third-order valence-corrected chi connectivity index (χ3v) is 7.33. The zero-order valence-electron chi connectivity index (χ0n) is 17.3. The lowest BCUT2D eigenvalue weighted by Gasteiger charge is -2.31. The number of anilines is 1.